The summed E-state index contributed by atoms with van der Waals surface area (Å²) in [6.45, 7) is 3.73. The van der Waals surface area contributed by atoms with Crippen molar-refractivity contribution in [1.29, 1.82) is 0 Å². The van der Waals surface area contributed by atoms with Crippen LogP contribution in [0.5, 0.6) is 11.5 Å². The molecule has 0 spiro atoms. The van der Waals surface area contributed by atoms with Gasteiger partial charge in [-0.05, 0) is 60.5 Å². The number of nitrogens with one attached hydrogen (secondary N) is 1. The van der Waals surface area contributed by atoms with Gasteiger partial charge in [0.1, 0.15) is 18.0 Å². The summed E-state index contributed by atoms with van der Waals surface area (Å²) in [7, 11) is 3.23. The van der Waals surface area contributed by atoms with Crippen molar-refractivity contribution >= 4 is 17.6 Å². The first-order chi connectivity index (χ1) is 17.0. The van der Waals surface area contributed by atoms with Crippen LogP contribution in [-0.4, -0.2) is 60.2 Å². The highest BCUT2D eigenvalue weighted by Crippen LogP contribution is 2.34. The van der Waals surface area contributed by atoms with E-state index in [0.717, 1.165) is 23.4 Å². The van der Waals surface area contributed by atoms with Crippen LogP contribution >= 0.6 is 0 Å². The van der Waals surface area contributed by atoms with E-state index in [1.54, 1.807) is 43.4 Å². The van der Waals surface area contributed by atoms with E-state index in [0.29, 0.717) is 31.1 Å². The summed E-state index contributed by atoms with van der Waals surface area (Å²) in [6, 6.07) is 18.4. The Balaban J connectivity index is 1.54. The fraction of sp³-hybridized carbons (Fsp3) is 0.333. The molecule has 4 rings (SSSR count). The van der Waals surface area contributed by atoms with Crippen LogP contribution in [0, 0.1) is 0 Å². The van der Waals surface area contributed by atoms with Gasteiger partial charge in [0.2, 0.25) is 5.91 Å². The molecule has 1 N–H and O–H groups in total. The van der Waals surface area contributed by atoms with E-state index in [2.05, 4.69) is 9.88 Å². The number of benzene rings is 2. The quantitative estimate of drug-likeness (QED) is 0.524. The minimum absolute atomic E-state index is 0.00297. The van der Waals surface area contributed by atoms with Gasteiger partial charge in [0.15, 0.2) is 0 Å². The number of hydrogen-bond donors (Lipinski definition) is 1. The molecule has 1 aliphatic heterocycles. The minimum atomic E-state index is -0.302. The number of rotatable bonds is 8. The molecular formula is C27H32N4O4. The maximum Gasteiger partial charge on any atom is 0.322 e. The highest BCUT2D eigenvalue weighted by atomic mass is 16.5. The largest absolute Gasteiger partial charge is 0.497 e. The number of anilines is 1. The van der Waals surface area contributed by atoms with E-state index < -0.39 is 0 Å². The molecule has 2 aromatic carbocycles. The number of aromatic nitrogens is 1. The van der Waals surface area contributed by atoms with Crippen LogP contribution in [0.3, 0.4) is 0 Å². The zero-order valence-corrected chi connectivity index (χ0v) is 20.4. The molecule has 0 saturated carbocycles. The lowest BCUT2D eigenvalue weighted by Crippen LogP contribution is -2.48. The maximum absolute atomic E-state index is 13.6. The van der Waals surface area contributed by atoms with E-state index in [1.807, 2.05) is 54.4 Å². The van der Waals surface area contributed by atoms with Gasteiger partial charge in [0.05, 0.1) is 20.3 Å². The highest BCUT2D eigenvalue weighted by molar-refractivity contribution is 5.92. The average Bonchev–Trinajstić information content (AvgIpc) is 3.37. The highest BCUT2D eigenvalue weighted by Gasteiger charge is 2.33. The fourth-order valence-electron chi connectivity index (χ4n) is 4.47. The number of carbonyl (C=O) groups is 2. The lowest BCUT2D eigenvalue weighted by atomic mass is 9.99. The molecule has 0 saturated heterocycles. The van der Waals surface area contributed by atoms with Gasteiger partial charge in [-0.1, -0.05) is 19.1 Å². The smallest absolute Gasteiger partial charge is 0.322 e. The van der Waals surface area contributed by atoms with Crippen LogP contribution < -0.4 is 14.8 Å². The molecule has 3 aromatic rings. The Morgan fingerprint density at radius 1 is 1.00 bits per heavy atom. The summed E-state index contributed by atoms with van der Waals surface area (Å²) in [5, 5.41) is 2.90. The summed E-state index contributed by atoms with van der Waals surface area (Å²) in [6.07, 6.45) is 2.78. The number of methoxy groups -OCH3 is 2. The topological polar surface area (TPSA) is 76.0 Å². The van der Waals surface area contributed by atoms with E-state index in [-0.39, 0.29) is 24.5 Å². The Hall–Kier alpha value is -3.94. The van der Waals surface area contributed by atoms with Crippen molar-refractivity contribution in [1.82, 2.24) is 14.4 Å². The molecule has 0 fully saturated rings. The molecule has 1 aromatic heterocycles. The fourth-order valence-corrected chi connectivity index (χ4v) is 4.47. The minimum Gasteiger partial charge on any atom is -0.497 e. The zero-order valence-electron chi connectivity index (χ0n) is 20.4. The lowest BCUT2D eigenvalue weighted by molar-refractivity contribution is -0.134. The Kier molecular flexibility index (Phi) is 7.60. The van der Waals surface area contributed by atoms with Crippen molar-refractivity contribution in [3.63, 3.8) is 0 Å². The van der Waals surface area contributed by atoms with Gasteiger partial charge in [-0.3, -0.25) is 4.79 Å². The van der Waals surface area contributed by atoms with Crippen LogP contribution in [-0.2, 0) is 11.3 Å². The molecule has 35 heavy (non-hydrogen) atoms. The van der Waals surface area contributed by atoms with Crippen molar-refractivity contribution < 1.29 is 19.1 Å². The van der Waals surface area contributed by atoms with Crippen molar-refractivity contribution in [2.24, 2.45) is 0 Å². The van der Waals surface area contributed by atoms with E-state index in [1.165, 1.54) is 0 Å². The third-order valence-corrected chi connectivity index (χ3v) is 6.22. The zero-order chi connectivity index (χ0) is 24.8. The number of ether oxygens (including phenoxy) is 2. The Morgan fingerprint density at radius 2 is 1.77 bits per heavy atom. The summed E-state index contributed by atoms with van der Waals surface area (Å²) in [5.41, 5.74) is 2.67. The average molecular weight is 477 g/mol. The van der Waals surface area contributed by atoms with Crippen LogP contribution in [0.15, 0.2) is 66.9 Å². The molecule has 2 heterocycles. The monoisotopic (exact) mass is 476 g/mol. The summed E-state index contributed by atoms with van der Waals surface area (Å²) >= 11 is 0. The van der Waals surface area contributed by atoms with E-state index in [4.69, 9.17) is 9.47 Å². The van der Waals surface area contributed by atoms with Gasteiger partial charge < -0.3 is 29.2 Å². The second-order valence-electron chi connectivity index (χ2n) is 8.47. The van der Waals surface area contributed by atoms with Crippen molar-refractivity contribution in [3.05, 3.63) is 78.1 Å². The SMILES string of the molecule is CCCN(CC(=O)N1CCn2cccc2[C@@H]1c1cccc(OC)c1)C(=O)Nc1ccc(OC)cc1. The van der Waals surface area contributed by atoms with Gasteiger partial charge in [-0.2, -0.15) is 0 Å². The van der Waals surface area contributed by atoms with Crippen molar-refractivity contribution in [3.8, 4) is 11.5 Å². The second-order valence-corrected chi connectivity index (χ2v) is 8.47. The predicted molar refractivity (Wildman–Crippen MR) is 135 cm³/mol. The first kappa shape index (κ1) is 24.2. The second kappa shape index (κ2) is 11.0. The standard InChI is InChI=1S/C27H32N4O4/c1-4-14-30(27(33)28-21-10-12-22(34-2)13-11-21)19-25(32)31-17-16-29-15-6-9-24(29)26(31)20-7-5-8-23(18-20)35-3/h5-13,15,18,26H,4,14,16-17,19H2,1-3H3,(H,28,33)/t26-/m0/s1. The normalized spacial score (nSPS) is 14.7. The number of amides is 3. The number of hydrogen-bond acceptors (Lipinski definition) is 4. The third-order valence-electron chi connectivity index (χ3n) is 6.22. The lowest BCUT2D eigenvalue weighted by Gasteiger charge is -2.38. The van der Waals surface area contributed by atoms with E-state index in [9.17, 15) is 9.59 Å². The van der Waals surface area contributed by atoms with Crippen LogP contribution in [0.1, 0.15) is 30.6 Å². The molecule has 1 aliphatic rings. The number of fused-ring (bicyclic) bond motifs is 1. The van der Waals surface area contributed by atoms with Gasteiger partial charge in [0.25, 0.3) is 0 Å². The van der Waals surface area contributed by atoms with Crippen molar-refractivity contribution in [2.45, 2.75) is 25.9 Å². The van der Waals surface area contributed by atoms with E-state index >= 15 is 0 Å². The Labute approximate surface area is 206 Å². The summed E-state index contributed by atoms with van der Waals surface area (Å²) in [5.74, 6) is 1.36. The third kappa shape index (κ3) is 5.42. The first-order valence-corrected chi connectivity index (χ1v) is 11.8. The molecule has 8 nitrogen and oxygen atoms in total. The number of urea groups is 1. The molecule has 1 atom stereocenters. The molecule has 8 heteroatoms. The molecular weight excluding hydrogens is 444 g/mol. The molecule has 0 aliphatic carbocycles. The maximum atomic E-state index is 13.6. The number of nitrogens with zero attached hydrogens (tertiary/aromatic N) is 3. The van der Waals surface area contributed by atoms with Crippen LogP contribution in [0.4, 0.5) is 10.5 Å². The first-order valence-electron chi connectivity index (χ1n) is 11.8. The van der Waals surface area contributed by atoms with Gasteiger partial charge in [-0.15, -0.1) is 0 Å². The summed E-state index contributed by atoms with van der Waals surface area (Å²) in [4.78, 5) is 30.1. The molecule has 0 radical (unpaired) electrons. The molecule has 0 unspecified atom stereocenters. The molecule has 3 amide bonds. The van der Waals surface area contributed by atoms with Crippen LogP contribution in [0.25, 0.3) is 0 Å². The summed E-state index contributed by atoms with van der Waals surface area (Å²) < 4.78 is 12.8. The Morgan fingerprint density at radius 3 is 2.49 bits per heavy atom. The molecule has 0 bridgehead atoms. The van der Waals surface area contributed by atoms with Gasteiger partial charge in [-0.25, -0.2) is 4.79 Å². The van der Waals surface area contributed by atoms with Crippen LogP contribution in [0.2, 0.25) is 0 Å². The number of carbonyl (C=O) groups excluding carboxylic acids is 2. The van der Waals surface area contributed by atoms with Gasteiger partial charge in [0, 0.05) is 37.2 Å². The Bertz CT molecular complexity index is 1160. The predicted octanol–water partition coefficient (Wildman–Crippen LogP) is 4.38. The molecule has 184 valence electrons. The van der Waals surface area contributed by atoms with Crippen molar-refractivity contribution in [2.75, 3.05) is 39.2 Å². The van der Waals surface area contributed by atoms with Gasteiger partial charge >= 0.3 is 6.03 Å².